The highest BCUT2D eigenvalue weighted by atomic mass is 16.5. The number of aryl methyl sites for hydroxylation is 1. The van der Waals surface area contributed by atoms with E-state index in [4.69, 9.17) is 14.2 Å². The molecule has 0 aliphatic rings. The van der Waals surface area contributed by atoms with Gasteiger partial charge in [-0.25, -0.2) is 9.59 Å². The molecule has 0 spiro atoms. The summed E-state index contributed by atoms with van der Waals surface area (Å²) in [6.45, 7) is 3.52. The molecule has 0 aliphatic carbocycles. The van der Waals surface area contributed by atoms with E-state index >= 15 is 0 Å². The molecule has 23 heavy (non-hydrogen) atoms. The van der Waals surface area contributed by atoms with Gasteiger partial charge in [0.25, 0.3) is 0 Å². The lowest BCUT2D eigenvalue weighted by Gasteiger charge is -2.06. The van der Waals surface area contributed by atoms with Gasteiger partial charge in [-0.15, -0.1) is 0 Å². The Morgan fingerprint density at radius 2 is 1.70 bits per heavy atom. The maximum absolute atomic E-state index is 12.2. The molecule has 2 rings (SSSR count). The highest BCUT2D eigenvalue weighted by Gasteiger charge is 2.23. The van der Waals surface area contributed by atoms with Gasteiger partial charge in [-0.2, -0.15) is 0 Å². The van der Waals surface area contributed by atoms with Crippen molar-refractivity contribution < 1.29 is 23.8 Å². The second-order valence-electron chi connectivity index (χ2n) is 5.04. The SMILES string of the molecule is COC(=O)c1c(C)[nH]c(C(=O)OCc2ccc(OC)cc2)c1C. The Morgan fingerprint density at radius 1 is 1.04 bits per heavy atom. The number of methoxy groups -OCH3 is 2. The molecule has 1 N–H and O–H groups in total. The molecule has 0 unspecified atom stereocenters. The Bertz CT molecular complexity index is 715. The topological polar surface area (TPSA) is 77.6 Å². The zero-order valence-electron chi connectivity index (χ0n) is 13.6. The van der Waals surface area contributed by atoms with E-state index in [1.165, 1.54) is 7.11 Å². The van der Waals surface area contributed by atoms with Crippen molar-refractivity contribution in [2.45, 2.75) is 20.5 Å². The molecular weight excluding hydrogens is 298 g/mol. The number of hydrogen-bond acceptors (Lipinski definition) is 5. The van der Waals surface area contributed by atoms with Crippen molar-refractivity contribution in [1.29, 1.82) is 0 Å². The third kappa shape index (κ3) is 3.53. The summed E-state index contributed by atoms with van der Waals surface area (Å²) < 4.78 is 15.1. The van der Waals surface area contributed by atoms with E-state index in [9.17, 15) is 9.59 Å². The molecule has 0 radical (unpaired) electrons. The molecule has 122 valence electrons. The number of rotatable bonds is 5. The zero-order valence-corrected chi connectivity index (χ0v) is 13.6. The van der Waals surface area contributed by atoms with E-state index in [1.807, 2.05) is 12.1 Å². The van der Waals surface area contributed by atoms with Crippen LogP contribution in [0.25, 0.3) is 0 Å². The minimum Gasteiger partial charge on any atom is -0.497 e. The fraction of sp³-hybridized carbons (Fsp3) is 0.294. The third-order valence-electron chi connectivity index (χ3n) is 3.56. The molecule has 0 aliphatic heterocycles. The minimum atomic E-state index is -0.517. The van der Waals surface area contributed by atoms with E-state index in [2.05, 4.69) is 4.98 Å². The first-order valence-electron chi connectivity index (χ1n) is 7.05. The number of H-pyrrole nitrogens is 1. The molecule has 1 aromatic heterocycles. The van der Waals surface area contributed by atoms with Crippen molar-refractivity contribution in [3.05, 3.63) is 52.3 Å². The van der Waals surface area contributed by atoms with Crippen molar-refractivity contribution >= 4 is 11.9 Å². The van der Waals surface area contributed by atoms with E-state index in [1.54, 1.807) is 33.1 Å². The zero-order chi connectivity index (χ0) is 17.0. The summed E-state index contributed by atoms with van der Waals surface area (Å²) in [5.41, 5.74) is 2.56. The first-order valence-corrected chi connectivity index (χ1v) is 7.05. The maximum atomic E-state index is 12.2. The smallest absolute Gasteiger partial charge is 0.355 e. The first kappa shape index (κ1) is 16.6. The third-order valence-corrected chi connectivity index (χ3v) is 3.56. The molecule has 0 amide bonds. The van der Waals surface area contributed by atoms with Gasteiger partial charge in [-0.3, -0.25) is 0 Å². The summed E-state index contributed by atoms with van der Waals surface area (Å²) in [7, 11) is 2.89. The van der Waals surface area contributed by atoms with Gasteiger partial charge < -0.3 is 19.2 Å². The number of carbonyl (C=O) groups is 2. The standard InChI is InChI=1S/C17H19NO5/c1-10-14(16(19)22-4)11(2)18-15(10)17(20)23-9-12-5-7-13(21-3)8-6-12/h5-8,18H,9H2,1-4H3. The molecule has 6 nitrogen and oxygen atoms in total. The Hall–Kier alpha value is -2.76. The monoisotopic (exact) mass is 317 g/mol. The Labute approximate surface area is 134 Å². The largest absolute Gasteiger partial charge is 0.497 e. The van der Waals surface area contributed by atoms with Gasteiger partial charge in [-0.05, 0) is 37.1 Å². The minimum absolute atomic E-state index is 0.133. The number of esters is 2. The number of ether oxygens (including phenoxy) is 3. The van der Waals surface area contributed by atoms with Gasteiger partial charge in [0.2, 0.25) is 0 Å². The van der Waals surface area contributed by atoms with Crippen molar-refractivity contribution in [3.8, 4) is 5.75 Å². The van der Waals surface area contributed by atoms with Gasteiger partial charge in [0.05, 0.1) is 19.8 Å². The molecule has 0 atom stereocenters. The molecule has 0 fully saturated rings. The van der Waals surface area contributed by atoms with Gasteiger partial charge >= 0.3 is 11.9 Å². The van der Waals surface area contributed by atoms with Crippen molar-refractivity contribution in [3.63, 3.8) is 0 Å². The van der Waals surface area contributed by atoms with E-state index in [0.29, 0.717) is 16.8 Å². The van der Waals surface area contributed by atoms with Crippen LogP contribution in [-0.2, 0) is 16.1 Å². The predicted molar refractivity (Wildman–Crippen MR) is 83.7 cm³/mol. The number of nitrogens with one attached hydrogen (secondary N) is 1. The van der Waals surface area contributed by atoms with Crippen LogP contribution in [0, 0.1) is 13.8 Å². The van der Waals surface area contributed by atoms with Gasteiger partial charge in [0, 0.05) is 5.69 Å². The van der Waals surface area contributed by atoms with E-state index in [-0.39, 0.29) is 12.3 Å². The second kappa shape index (κ2) is 7.00. The van der Waals surface area contributed by atoms with Crippen LogP contribution in [-0.4, -0.2) is 31.1 Å². The second-order valence-corrected chi connectivity index (χ2v) is 5.04. The van der Waals surface area contributed by atoms with Crippen LogP contribution in [0.2, 0.25) is 0 Å². The van der Waals surface area contributed by atoms with Gasteiger partial charge in [-0.1, -0.05) is 12.1 Å². The average molecular weight is 317 g/mol. The van der Waals surface area contributed by atoms with Crippen molar-refractivity contribution in [1.82, 2.24) is 4.98 Å². The molecular formula is C17H19NO5. The Balaban J connectivity index is 2.10. The summed E-state index contributed by atoms with van der Waals surface area (Å²) in [6.07, 6.45) is 0. The molecule has 0 saturated heterocycles. The number of aromatic nitrogens is 1. The normalized spacial score (nSPS) is 10.3. The fourth-order valence-corrected chi connectivity index (χ4v) is 2.31. The van der Waals surface area contributed by atoms with E-state index < -0.39 is 11.9 Å². The molecule has 0 saturated carbocycles. The number of hydrogen-bond donors (Lipinski definition) is 1. The van der Waals surface area contributed by atoms with E-state index in [0.717, 1.165) is 11.3 Å². The lowest BCUT2D eigenvalue weighted by atomic mass is 10.1. The fourth-order valence-electron chi connectivity index (χ4n) is 2.31. The summed E-state index contributed by atoms with van der Waals surface area (Å²) in [5, 5.41) is 0. The van der Waals surface area contributed by atoms with Crippen LogP contribution in [0.1, 0.15) is 37.7 Å². The lowest BCUT2D eigenvalue weighted by molar-refractivity contribution is 0.0465. The molecule has 6 heteroatoms. The van der Waals surface area contributed by atoms with Crippen LogP contribution >= 0.6 is 0 Å². The quantitative estimate of drug-likeness (QED) is 0.858. The van der Waals surface area contributed by atoms with Crippen molar-refractivity contribution in [2.75, 3.05) is 14.2 Å². The number of carbonyl (C=O) groups excluding carboxylic acids is 2. The molecule has 2 aromatic rings. The Morgan fingerprint density at radius 3 is 2.26 bits per heavy atom. The molecule has 1 aromatic carbocycles. The summed E-state index contributed by atoms with van der Waals surface area (Å²) in [5.74, 6) is -0.263. The highest BCUT2D eigenvalue weighted by molar-refractivity contribution is 5.98. The van der Waals surface area contributed by atoms with Crippen molar-refractivity contribution in [2.24, 2.45) is 0 Å². The molecule has 1 heterocycles. The van der Waals surface area contributed by atoms with Crippen LogP contribution in [0.5, 0.6) is 5.75 Å². The Kier molecular flexibility index (Phi) is 5.05. The summed E-state index contributed by atoms with van der Waals surface area (Å²) in [6, 6.07) is 7.22. The highest BCUT2D eigenvalue weighted by Crippen LogP contribution is 2.20. The maximum Gasteiger partial charge on any atom is 0.355 e. The number of benzene rings is 1. The van der Waals surface area contributed by atoms with Gasteiger partial charge in [0.1, 0.15) is 18.1 Å². The molecule has 0 bridgehead atoms. The summed E-state index contributed by atoms with van der Waals surface area (Å²) in [4.78, 5) is 26.8. The van der Waals surface area contributed by atoms with Crippen LogP contribution in [0.15, 0.2) is 24.3 Å². The predicted octanol–water partition coefficient (Wildman–Crippen LogP) is 2.78. The number of aromatic amines is 1. The average Bonchev–Trinajstić information content (AvgIpc) is 2.87. The van der Waals surface area contributed by atoms with Gasteiger partial charge in [0.15, 0.2) is 0 Å². The first-order chi connectivity index (χ1) is 11.0. The lowest BCUT2D eigenvalue weighted by Crippen LogP contribution is -2.08. The summed E-state index contributed by atoms with van der Waals surface area (Å²) >= 11 is 0. The van der Waals surface area contributed by atoms with Crippen LogP contribution in [0.4, 0.5) is 0 Å². The van der Waals surface area contributed by atoms with Crippen LogP contribution in [0.3, 0.4) is 0 Å². The van der Waals surface area contributed by atoms with Crippen LogP contribution < -0.4 is 4.74 Å².